The number of hydrogen-bond donors (Lipinski definition) is 3. The molecule has 8 nitrogen and oxygen atoms in total. The summed E-state index contributed by atoms with van der Waals surface area (Å²) in [6, 6.07) is 18.8. The second kappa shape index (κ2) is 9.25. The van der Waals surface area contributed by atoms with Crippen LogP contribution >= 0.6 is 0 Å². The Morgan fingerprint density at radius 2 is 1.79 bits per heavy atom. The number of anilines is 3. The predicted octanol–water partition coefficient (Wildman–Crippen LogP) is 3.25. The summed E-state index contributed by atoms with van der Waals surface area (Å²) in [5.74, 6) is 3.24. The molecule has 1 aromatic heterocycles. The zero-order valence-corrected chi connectivity index (χ0v) is 19.0. The monoisotopic (exact) mass is 446 g/mol. The fourth-order valence-corrected chi connectivity index (χ4v) is 4.43. The highest BCUT2D eigenvalue weighted by molar-refractivity contribution is 5.68. The Labute approximate surface area is 194 Å². The molecule has 2 aliphatic rings. The highest BCUT2D eigenvalue weighted by Gasteiger charge is 2.38. The van der Waals surface area contributed by atoms with E-state index in [9.17, 15) is 5.11 Å². The van der Waals surface area contributed by atoms with E-state index in [2.05, 4.69) is 57.0 Å². The van der Waals surface area contributed by atoms with Gasteiger partial charge in [-0.25, -0.2) is 5.43 Å². The molecule has 0 spiro atoms. The molecular formula is C25H30N6O2. The minimum Gasteiger partial charge on any atom is -0.497 e. The molecule has 3 aromatic rings. The Bertz CT molecular complexity index is 1090. The van der Waals surface area contributed by atoms with Crippen molar-refractivity contribution in [1.82, 2.24) is 15.4 Å². The van der Waals surface area contributed by atoms with Crippen LogP contribution in [0.2, 0.25) is 0 Å². The van der Waals surface area contributed by atoms with Crippen LogP contribution in [-0.4, -0.2) is 41.4 Å². The van der Waals surface area contributed by atoms with Gasteiger partial charge >= 0.3 is 0 Å². The van der Waals surface area contributed by atoms with Crippen molar-refractivity contribution in [3.63, 3.8) is 0 Å². The largest absolute Gasteiger partial charge is 0.497 e. The van der Waals surface area contributed by atoms with Gasteiger partial charge in [0.1, 0.15) is 11.6 Å². The van der Waals surface area contributed by atoms with Gasteiger partial charge in [0, 0.05) is 19.6 Å². The molecule has 172 valence electrons. The summed E-state index contributed by atoms with van der Waals surface area (Å²) in [6.45, 7) is 4.51. The Morgan fingerprint density at radius 1 is 1.06 bits per heavy atom. The summed E-state index contributed by atoms with van der Waals surface area (Å²) >= 11 is 0. The number of benzene rings is 2. The Kier molecular flexibility index (Phi) is 6.02. The molecule has 5 rings (SSSR count). The lowest BCUT2D eigenvalue weighted by Gasteiger charge is -2.32. The number of rotatable bonds is 8. The first-order valence-electron chi connectivity index (χ1n) is 11.4. The Morgan fingerprint density at radius 3 is 2.52 bits per heavy atom. The number of aromatic nitrogens is 2. The van der Waals surface area contributed by atoms with Gasteiger partial charge in [0.25, 0.3) is 0 Å². The van der Waals surface area contributed by atoms with Gasteiger partial charge in [-0.2, -0.15) is 9.97 Å². The number of aliphatic hydroxyl groups excluding tert-OH is 1. The highest BCUT2D eigenvalue weighted by atomic mass is 16.5. The molecular weight excluding hydrogens is 416 g/mol. The van der Waals surface area contributed by atoms with E-state index in [0.29, 0.717) is 12.5 Å². The third kappa shape index (κ3) is 4.58. The molecule has 2 aromatic carbocycles. The van der Waals surface area contributed by atoms with Crippen LogP contribution in [0.4, 0.5) is 17.6 Å². The average molecular weight is 447 g/mol. The number of nitrogens with zero attached hydrogens (tertiary/aromatic N) is 4. The fourth-order valence-electron chi connectivity index (χ4n) is 4.43. The number of aliphatic hydroxyl groups is 1. The average Bonchev–Trinajstić information content (AvgIpc) is 3.18. The van der Waals surface area contributed by atoms with E-state index in [1.54, 1.807) is 14.0 Å². The fraction of sp³-hybridized carbons (Fsp3) is 0.360. The van der Waals surface area contributed by atoms with Crippen LogP contribution in [0, 0.1) is 0 Å². The summed E-state index contributed by atoms with van der Waals surface area (Å²) < 4.78 is 5.30. The maximum Gasteiger partial charge on any atom is 0.226 e. The van der Waals surface area contributed by atoms with E-state index < -0.39 is 6.10 Å². The van der Waals surface area contributed by atoms with Gasteiger partial charge in [-0.05, 0) is 36.6 Å². The normalized spacial score (nSPS) is 17.6. The van der Waals surface area contributed by atoms with E-state index in [4.69, 9.17) is 14.7 Å². The summed E-state index contributed by atoms with van der Waals surface area (Å²) in [5.41, 5.74) is 7.21. The van der Waals surface area contributed by atoms with Crippen LogP contribution in [0.3, 0.4) is 0 Å². The maximum absolute atomic E-state index is 9.76. The predicted molar refractivity (Wildman–Crippen MR) is 129 cm³/mol. The number of nitrogens with one attached hydrogen (secondary N) is 2. The van der Waals surface area contributed by atoms with Gasteiger partial charge in [0.05, 0.1) is 31.4 Å². The summed E-state index contributed by atoms with van der Waals surface area (Å²) in [4.78, 5) is 12.1. The molecule has 0 amide bonds. The molecule has 8 heteroatoms. The summed E-state index contributed by atoms with van der Waals surface area (Å²) in [7, 11) is 1.68. The molecule has 3 N–H and O–H groups in total. The second-order valence-corrected chi connectivity index (χ2v) is 8.65. The minimum atomic E-state index is -0.486. The SMILES string of the molecule is COc1ccc(CN2CCC3NN(Cc4ccccc4)c4nc(NCC(C)O)nc2c43)cc1. The van der Waals surface area contributed by atoms with Crippen LogP contribution in [0.1, 0.15) is 36.1 Å². The number of hydrazine groups is 1. The van der Waals surface area contributed by atoms with E-state index in [-0.39, 0.29) is 6.04 Å². The molecule has 2 atom stereocenters. The van der Waals surface area contributed by atoms with Crippen LogP contribution in [0.15, 0.2) is 54.6 Å². The molecule has 0 saturated heterocycles. The van der Waals surface area contributed by atoms with Gasteiger partial charge in [0.15, 0.2) is 5.82 Å². The van der Waals surface area contributed by atoms with Gasteiger partial charge < -0.3 is 20.1 Å². The van der Waals surface area contributed by atoms with Gasteiger partial charge in [-0.3, -0.25) is 5.01 Å². The van der Waals surface area contributed by atoms with Crippen molar-refractivity contribution in [3.8, 4) is 5.75 Å². The molecule has 3 heterocycles. The lowest BCUT2D eigenvalue weighted by atomic mass is 10.0. The molecule has 0 bridgehead atoms. The van der Waals surface area contributed by atoms with E-state index >= 15 is 0 Å². The van der Waals surface area contributed by atoms with Crippen molar-refractivity contribution in [2.24, 2.45) is 0 Å². The first-order chi connectivity index (χ1) is 16.1. The van der Waals surface area contributed by atoms with Gasteiger partial charge in [0.2, 0.25) is 5.95 Å². The van der Waals surface area contributed by atoms with Gasteiger partial charge in [-0.1, -0.05) is 42.5 Å². The van der Waals surface area contributed by atoms with Crippen LogP contribution in [-0.2, 0) is 13.1 Å². The molecule has 2 aliphatic heterocycles. The van der Waals surface area contributed by atoms with Crippen molar-refractivity contribution in [3.05, 3.63) is 71.3 Å². The van der Waals surface area contributed by atoms with Crippen molar-refractivity contribution < 1.29 is 9.84 Å². The molecule has 0 saturated carbocycles. The van der Waals surface area contributed by atoms with Crippen molar-refractivity contribution in [2.45, 2.75) is 38.6 Å². The van der Waals surface area contributed by atoms with Crippen LogP contribution in [0.25, 0.3) is 0 Å². The molecule has 0 fully saturated rings. The molecule has 0 aliphatic carbocycles. The Hall–Kier alpha value is -3.36. The zero-order chi connectivity index (χ0) is 22.8. The van der Waals surface area contributed by atoms with Crippen LogP contribution in [0.5, 0.6) is 5.75 Å². The zero-order valence-electron chi connectivity index (χ0n) is 19.0. The molecule has 0 radical (unpaired) electrons. The maximum atomic E-state index is 9.76. The van der Waals surface area contributed by atoms with E-state index in [1.165, 1.54) is 11.1 Å². The minimum absolute atomic E-state index is 0.191. The smallest absolute Gasteiger partial charge is 0.226 e. The number of hydrogen-bond acceptors (Lipinski definition) is 8. The number of methoxy groups -OCH3 is 1. The molecule has 2 unspecified atom stereocenters. The van der Waals surface area contributed by atoms with Gasteiger partial charge in [-0.15, -0.1) is 0 Å². The lowest BCUT2D eigenvalue weighted by Crippen LogP contribution is -2.37. The van der Waals surface area contributed by atoms with Crippen molar-refractivity contribution in [1.29, 1.82) is 0 Å². The third-order valence-electron chi connectivity index (χ3n) is 6.08. The molecule has 33 heavy (non-hydrogen) atoms. The highest BCUT2D eigenvalue weighted by Crippen LogP contribution is 2.44. The second-order valence-electron chi connectivity index (χ2n) is 8.65. The summed E-state index contributed by atoms with van der Waals surface area (Å²) in [6.07, 6.45) is 0.491. The van der Waals surface area contributed by atoms with Crippen molar-refractivity contribution >= 4 is 17.6 Å². The quantitative estimate of drug-likeness (QED) is 0.486. The van der Waals surface area contributed by atoms with Crippen molar-refractivity contribution in [2.75, 3.05) is 35.4 Å². The van der Waals surface area contributed by atoms with E-state index in [1.807, 2.05) is 18.2 Å². The topological polar surface area (TPSA) is 85.8 Å². The first kappa shape index (κ1) is 21.5. The Balaban J connectivity index is 1.48. The standard InChI is InChI=1S/C25H30N6O2/c1-17(32)14-26-25-27-23-22-21(12-13-30(23)15-19-8-10-20(33-2)11-9-19)29-31(24(22)28-25)16-18-6-4-3-5-7-18/h3-11,17,21,29,32H,12-16H2,1-2H3,(H,26,27,28). The number of ether oxygens (including phenoxy) is 1. The van der Waals surface area contributed by atoms with Crippen LogP contribution < -0.4 is 25.4 Å². The lowest BCUT2D eigenvalue weighted by molar-refractivity contribution is 0.208. The van der Waals surface area contributed by atoms with E-state index in [0.717, 1.165) is 49.0 Å². The first-order valence-corrected chi connectivity index (χ1v) is 11.4. The third-order valence-corrected chi connectivity index (χ3v) is 6.08. The summed E-state index contributed by atoms with van der Waals surface area (Å²) in [5, 5.41) is 15.1.